The zero-order chi connectivity index (χ0) is 59.9. The molecular formula is C77H144O6. The smallest absolute Gasteiger partial charge is 0.306 e. The Morgan fingerprint density at radius 3 is 0.602 bits per heavy atom. The van der Waals surface area contributed by atoms with E-state index in [4.69, 9.17) is 14.2 Å². The van der Waals surface area contributed by atoms with Gasteiger partial charge < -0.3 is 14.2 Å². The lowest BCUT2D eigenvalue weighted by Crippen LogP contribution is -2.30. The predicted octanol–water partition coefficient (Wildman–Crippen LogP) is 25.9. The number of ether oxygens (including phenoxy) is 3. The topological polar surface area (TPSA) is 78.9 Å². The summed E-state index contributed by atoms with van der Waals surface area (Å²) in [6, 6.07) is 0. The molecule has 0 aromatic heterocycles. The number of rotatable bonds is 70. The van der Waals surface area contributed by atoms with Crippen LogP contribution in [-0.2, 0) is 28.6 Å². The van der Waals surface area contributed by atoms with Crippen molar-refractivity contribution in [3.63, 3.8) is 0 Å². The number of carbonyl (C=O) groups is 3. The second-order valence-corrected chi connectivity index (χ2v) is 25.6. The summed E-state index contributed by atoms with van der Waals surface area (Å²) in [5.41, 5.74) is 0. The first-order valence-electron chi connectivity index (χ1n) is 37.5. The van der Waals surface area contributed by atoms with E-state index in [1.807, 2.05) is 0 Å². The van der Waals surface area contributed by atoms with Crippen molar-refractivity contribution in [1.29, 1.82) is 0 Å². The van der Waals surface area contributed by atoms with Gasteiger partial charge in [-0.25, -0.2) is 0 Å². The van der Waals surface area contributed by atoms with Crippen LogP contribution in [0.5, 0.6) is 0 Å². The molecule has 0 fully saturated rings. The minimum Gasteiger partial charge on any atom is -0.462 e. The van der Waals surface area contributed by atoms with Gasteiger partial charge in [-0.2, -0.15) is 0 Å². The third-order valence-electron chi connectivity index (χ3n) is 17.1. The van der Waals surface area contributed by atoms with Crippen molar-refractivity contribution in [1.82, 2.24) is 0 Å². The van der Waals surface area contributed by atoms with Gasteiger partial charge in [-0.1, -0.05) is 340 Å². The zero-order valence-electron chi connectivity index (χ0n) is 56.2. The van der Waals surface area contributed by atoms with Gasteiger partial charge in [0.25, 0.3) is 0 Å². The Balaban J connectivity index is 4.27. The maximum atomic E-state index is 13.0. The lowest BCUT2D eigenvalue weighted by atomic mass is 10.0. The average molecular weight is 1170 g/mol. The fraction of sp³-hybridized carbons (Fsp3) is 0.883. The minimum atomic E-state index is -0.775. The van der Waals surface area contributed by atoms with E-state index in [9.17, 15) is 14.4 Å². The van der Waals surface area contributed by atoms with Gasteiger partial charge in [0, 0.05) is 19.3 Å². The molecule has 0 aliphatic rings. The molecule has 6 nitrogen and oxygen atoms in total. The highest BCUT2D eigenvalue weighted by atomic mass is 16.6. The maximum Gasteiger partial charge on any atom is 0.306 e. The molecule has 1 atom stereocenters. The molecule has 1 unspecified atom stereocenters. The summed E-state index contributed by atoms with van der Waals surface area (Å²) in [4.78, 5) is 38.5. The second kappa shape index (κ2) is 72.1. The second-order valence-electron chi connectivity index (χ2n) is 25.6. The van der Waals surface area contributed by atoms with Gasteiger partial charge >= 0.3 is 17.9 Å². The Kier molecular flexibility index (Phi) is 70.0. The monoisotopic (exact) mass is 1170 g/mol. The van der Waals surface area contributed by atoms with E-state index in [1.165, 1.54) is 321 Å². The van der Waals surface area contributed by atoms with Crippen LogP contribution in [0.15, 0.2) is 36.5 Å². The predicted molar refractivity (Wildman–Crippen MR) is 362 cm³/mol. The summed E-state index contributed by atoms with van der Waals surface area (Å²) in [5, 5.41) is 0. The molecule has 0 spiro atoms. The van der Waals surface area contributed by atoms with Crippen LogP contribution in [0, 0.1) is 0 Å². The summed E-state index contributed by atoms with van der Waals surface area (Å²) in [6.45, 7) is 6.71. The number of carbonyl (C=O) groups excluding carboxylic acids is 3. The van der Waals surface area contributed by atoms with Crippen LogP contribution in [0.2, 0.25) is 0 Å². The van der Waals surface area contributed by atoms with Gasteiger partial charge in [-0.05, 0) is 96.3 Å². The van der Waals surface area contributed by atoms with E-state index in [-0.39, 0.29) is 31.1 Å². The Morgan fingerprint density at radius 2 is 0.398 bits per heavy atom. The Labute approximate surface area is 518 Å². The molecule has 0 heterocycles. The lowest BCUT2D eigenvalue weighted by Gasteiger charge is -2.18. The molecule has 0 saturated carbocycles. The Hall–Kier alpha value is -2.37. The van der Waals surface area contributed by atoms with Crippen LogP contribution in [0.25, 0.3) is 0 Å². The van der Waals surface area contributed by atoms with Crippen LogP contribution in [0.1, 0.15) is 419 Å². The first kappa shape index (κ1) is 80.6. The highest BCUT2D eigenvalue weighted by molar-refractivity contribution is 5.71. The molecule has 0 N–H and O–H groups in total. The Morgan fingerprint density at radius 1 is 0.229 bits per heavy atom. The van der Waals surface area contributed by atoms with E-state index in [0.29, 0.717) is 19.3 Å². The van der Waals surface area contributed by atoms with Crippen LogP contribution >= 0.6 is 0 Å². The van der Waals surface area contributed by atoms with Crippen molar-refractivity contribution < 1.29 is 28.6 Å². The van der Waals surface area contributed by atoms with E-state index in [2.05, 4.69) is 57.2 Å². The molecule has 0 aromatic carbocycles. The van der Waals surface area contributed by atoms with Crippen LogP contribution in [0.4, 0.5) is 0 Å². The SMILES string of the molecule is CCCCCCCC/C=C\CCCCCCCCCC(=O)OCC(COC(=O)CCCCCCCCCCCCCCCCC/C=C\CCCCCCCCCC)OC(=O)CCCCCCCCCCC/C=C\CCCCCCCCCC. The van der Waals surface area contributed by atoms with Gasteiger partial charge in [0.2, 0.25) is 0 Å². The van der Waals surface area contributed by atoms with Gasteiger partial charge in [0.15, 0.2) is 6.10 Å². The quantitative estimate of drug-likeness (QED) is 0.0261. The molecule has 0 bridgehead atoms. The molecule has 0 aromatic rings. The van der Waals surface area contributed by atoms with Gasteiger partial charge in [-0.3, -0.25) is 14.4 Å². The number of allylic oxidation sites excluding steroid dienone is 6. The Bertz CT molecular complexity index is 1380. The molecule has 488 valence electrons. The summed E-state index contributed by atoms with van der Waals surface area (Å²) < 4.78 is 17.0. The molecule has 0 radical (unpaired) electrons. The number of unbranched alkanes of at least 4 members (excludes halogenated alkanes) is 53. The van der Waals surface area contributed by atoms with E-state index < -0.39 is 6.10 Å². The standard InChI is InChI=1S/C77H144O6/c1-4-7-10-13-16-19-22-25-28-31-33-35-36-37-38-39-40-42-43-46-49-52-55-58-61-64-67-70-76(79)82-73-74(72-81-75(78)69-66-63-60-57-54-51-48-45-30-27-24-21-18-15-12-9-6-3)83-77(80)71-68-65-62-59-56-53-50-47-44-41-34-32-29-26-23-20-17-14-11-8-5-2/h27,30-34,74H,4-26,28-29,35-73H2,1-3H3/b30-27-,33-31-,34-32-. The fourth-order valence-corrected chi connectivity index (χ4v) is 11.4. The summed E-state index contributed by atoms with van der Waals surface area (Å²) in [6.07, 6.45) is 90.4. The third kappa shape index (κ3) is 70.3. The molecule has 0 aliphatic heterocycles. The van der Waals surface area contributed by atoms with Crippen molar-refractivity contribution in [3.8, 4) is 0 Å². The van der Waals surface area contributed by atoms with Crippen molar-refractivity contribution in [3.05, 3.63) is 36.5 Å². The van der Waals surface area contributed by atoms with Crippen molar-refractivity contribution in [2.75, 3.05) is 13.2 Å². The van der Waals surface area contributed by atoms with Gasteiger partial charge in [-0.15, -0.1) is 0 Å². The van der Waals surface area contributed by atoms with Crippen LogP contribution in [-0.4, -0.2) is 37.2 Å². The molecule has 0 amide bonds. The highest BCUT2D eigenvalue weighted by Crippen LogP contribution is 2.18. The fourth-order valence-electron chi connectivity index (χ4n) is 11.4. The molecule has 0 saturated heterocycles. The summed E-state index contributed by atoms with van der Waals surface area (Å²) >= 11 is 0. The van der Waals surface area contributed by atoms with Gasteiger partial charge in [0.05, 0.1) is 0 Å². The molecule has 83 heavy (non-hydrogen) atoms. The van der Waals surface area contributed by atoms with Crippen molar-refractivity contribution in [2.45, 2.75) is 425 Å². The maximum absolute atomic E-state index is 13.0. The normalized spacial score (nSPS) is 12.2. The lowest BCUT2D eigenvalue weighted by molar-refractivity contribution is -0.167. The third-order valence-corrected chi connectivity index (χ3v) is 17.1. The van der Waals surface area contributed by atoms with Crippen molar-refractivity contribution >= 4 is 17.9 Å². The van der Waals surface area contributed by atoms with E-state index in [0.717, 1.165) is 57.8 Å². The number of hydrogen-bond donors (Lipinski definition) is 0. The molecule has 0 aliphatic carbocycles. The summed E-state index contributed by atoms with van der Waals surface area (Å²) in [7, 11) is 0. The number of esters is 3. The van der Waals surface area contributed by atoms with Gasteiger partial charge in [0.1, 0.15) is 13.2 Å². The highest BCUT2D eigenvalue weighted by Gasteiger charge is 2.20. The van der Waals surface area contributed by atoms with E-state index >= 15 is 0 Å². The molecule has 0 rings (SSSR count). The number of hydrogen-bond acceptors (Lipinski definition) is 6. The minimum absolute atomic E-state index is 0.0698. The summed E-state index contributed by atoms with van der Waals surface area (Å²) in [5.74, 6) is -0.845. The molecular weight excluding hydrogens is 1020 g/mol. The van der Waals surface area contributed by atoms with E-state index in [1.54, 1.807) is 0 Å². The van der Waals surface area contributed by atoms with Crippen molar-refractivity contribution in [2.24, 2.45) is 0 Å². The zero-order valence-corrected chi connectivity index (χ0v) is 56.2. The largest absolute Gasteiger partial charge is 0.462 e. The first-order chi connectivity index (χ1) is 41.0. The average Bonchev–Trinajstić information content (AvgIpc) is 3.50. The van der Waals surface area contributed by atoms with Crippen LogP contribution < -0.4 is 0 Å². The van der Waals surface area contributed by atoms with Crippen LogP contribution in [0.3, 0.4) is 0 Å². The molecule has 6 heteroatoms. The first-order valence-corrected chi connectivity index (χ1v) is 37.5.